The number of aromatic amines is 1. The lowest BCUT2D eigenvalue weighted by atomic mass is 10.2. The Balaban J connectivity index is 1.92. The Morgan fingerprint density at radius 3 is 2.79 bits per heavy atom. The first-order valence-electron chi connectivity index (χ1n) is 5.74. The van der Waals surface area contributed by atoms with Crippen molar-refractivity contribution < 1.29 is 4.79 Å². The number of halogens is 1. The van der Waals surface area contributed by atoms with Crippen LogP contribution in [0.1, 0.15) is 24.4 Å². The number of nitrogens with zero attached hydrogens (tertiary/aromatic N) is 2. The van der Waals surface area contributed by atoms with Crippen molar-refractivity contribution in [2.75, 3.05) is 0 Å². The largest absolute Gasteiger partial charge is 0.343 e. The van der Waals surface area contributed by atoms with Crippen molar-refractivity contribution in [3.05, 3.63) is 52.5 Å². The summed E-state index contributed by atoms with van der Waals surface area (Å²) in [5, 5.41) is 9.25. The maximum atomic E-state index is 11.7. The lowest BCUT2D eigenvalue weighted by molar-refractivity contribution is -0.117. The minimum Gasteiger partial charge on any atom is -0.343 e. The van der Waals surface area contributed by atoms with Gasteiger partial charge in [-0.3, -0.25) is 9.89 Å². The summed E-state index contributed by atoms with van der Waals surface area (Å²) in [6, 6.07) is 7.50. The molecule has 1 aromatic carbocycles. The summed E-state index contributed by atoms with van der Waals surface area (Å²) in [5.41, 5.74) is 0.964. The third-order valence-corrected chi connectivity index (χ3v) is 3.03. The van der Waals surface area contributed by atoms with Gasteiger partial charge in [-0.15, -0.1) is 0 Å². The molecule has 1 amide bonds. The second kappa shape index (κ2) is 6.29. The van der Waals surface area contributed by atoms with Gasteiger partial charge in [0.1, 0.15) is 12.2 Å². The molecule has 0 bridgehead atoms. The fourth-order valence-corrected chi connectivity index (χ4v) is 1.76. The minimum atomic E-state index is -0.204. The zero-order valence-electron chi connectivity index (χ0n) is 10.3. The van der Waals surface area contributed by atoms with Crippen LogP contribution in [0.4, 0.5) is 0 Å². The molecule has 0 aliphatic heterocycles. The molecule has 0 spiro atoms. The van der Waals surface area contributed by atoms with Gasteiger partial charge in [-0.05, 0) is 30.7 Å². The summed E-state index contributed by atoms with van der Waals surface area (Å²) < 4.78 is 1.01. The SMILES string of the molecule is CC(NC(=O)/C=C/c1ccc(Br)cc1)c1ncn[nH]1. The molecular formula is C13H13BrN4O. The van der Waals surface area contributed by atoms with Crippen LogP contribution in [-0.4, -0.2) is 21.1 Å². The van der Waals surface area contributed by atoms with Gasteiger partial charge >= 0.3 is 0 Å². The van der Waals surface area contributed by atoms with Crippen molar-refractivity contribution in [2.24, 2.45) is 0 Å². The monoisotopic (exact) mass is 320 g/mol. The summed E-state index contributed by atoms with van der Waals surface area (Å²) in [5.74, 6) is 0.456. The number of carbonyl (C=O) groups excluding carboxylic acids is 1. The lowest BCUT2D eigenvalue weighted by Gasteiger charge is -2.08. The lowest BCUT2D eigenvalue weighted by Crippen LogP contribution is -2.25. The molecule has 2 rings (SSSR count). The standard InChI is InChI=1S/C13H13BrN4O/c1-9(13-15-8-16-18-13)17-12(19)7-4-10-2-5-11(14)6-3-10/h2-9H,1H3,(H,17,19)(H,15,16,18)/b7-4+. The van der Waals surface area contributed by atoms with E-state index in [0.29, 0.717) is 5.82 Å². The van der Waals surface area contributed by atoms with Gasteiger partial charge in [0.2, 0.25) is 5.91 Å². The zero-order chi connectivity index (χ0) is 13.7. The maximum Gasteiger partial charge on any atom is 0.244 e. The predicted molar refractivity (Wildman–Crippen MR) is 76.1 cm³/mol. The van der Waals surface area contributed by atoms with Gasteiger partial charge in [0.25, 0.3) is 0 Å². The van der Waals surface area contributed by atoms with Crippen molar-refractivity contribution >= 4 is 27.9 Å². The van der Waals surface area contributed by atoms with E-state index < -0.39 is 0 Å². The number of aromatic nitrogens is 3. The first-order valence-corrected chi connectivity index (χ1v) is 6.54. The fourth-order valence-electron chi connectivity index (χ4n) is 1.50. The first-order chi connectivity index (χ1) is 9.15. The smallest absolute Gasteiger partial charge is 0.244 e. The second-order valence-corrected chi connectivity index (χ2v) is 4.90. The number of H-pyrrole nitrogens is 1. The normalized spacial score (nSPS) is 12.5. The van der Waals surface area contributed by atoms with E-state index in [1.54, 1.807) is 6.08 Å². The van der Waals surface area contributed by atoms with Gasteiger partial charge in [-0.25, -0.2) is 4.98 Å². The van der Waals surface area contributed by atoms with Gasteiger partial charge in [0.05, 0.1) is 6.04 Å². The molecule has 98 valence electrons. The van der Waals surface area contributed by atoms with Gasteiger partial charge < -0.3 is 5.32 Å². The molecule has 2 N–H and O–H groups in total. The maximum absolute atomic E-state index is 11.7. The van der Waals surface area contributed by atoms with Gasteiger partial charge in [0, 0.05) is 10.5 Å². The molecule has 0 saturated heterocycles. The molecule has 5 nitrogen and oxygen atoms in total. The van der Waals surface area contributed by atoms with Gasteiger partial charge in [0.15, 0.2) is 0 Å². The van der Waals surface area contributed by atoms with Crippen LogP contribution in [0.5, 0.6) is 0 Å². The Labute approximate surface area is 119 Å². The Kier molecular flexibility index (Phi) is 4.46. The van der Waals surface area contributed by atoms with E-state index in [9.17, 15) is 4.79 Å². The van der Waals surface area contributed by atoms with E-state index in [-0.39, 0.29) is 11.9 Å². The minimum absolute atomic E-state index is 0.174. The number of rotatable bonds is 4. The number of hydrogen-bond acceptors (Lipinski definition) is 3. The Bertz CT molecular complexity index is 563. The summed E-state index contributed by atoms with van der Waals surface area (Å²) in [7, 11) is 0. The van der Waals surface area contributed by atoms with Gasteiger partial charge in [-0.2, -0.15) is 5.10 Å². The molecule has 19 heavy (non-hydrogen) atoms. The van der Waals surface area contributed by atoms with Crippen LogP contribution in [0.25, 0.3) is 6.08 Å². The summed E-state index contributed by atoms with van der Waals surface area (Å²) in [6.07, 6.45) is 4.67. The first kappa shape index (κ1) is 13.5. The average molecular weight is 321 g/mol. The zero-order valence-corrected chi connectivity index (χ0v) is 11.9. The van der Waals surface area contributed by atoms with Gasteiger partial charge in [-0.1, -0.05) is 28.1 Å². The van der Waals surface area contributed by atoms with Crippen molar-refractivity contribution in [1.29, 1.82) is 0 Å². The third-order valence-electron chi connectivity index (χ3n) is 2.50. The molecule has 2 aromatic rings. The number of benzene rings is 1. The third kappa shape index (κ3) is 4.03. The molecule has 0 saturated carbocycles. The molecule has 0 fully saturated rings. The van der Waals surface area contributed by atoms with E-state index in [4.69, 9.17) is 0 Å². The molecular weight excluding hydrogens is 308 g/mol. The van der Waals surface area contributed by atoms with Crippen LogP contribution in [0, 0.1) is 0 Å². The van der Waals surface area contributed by atoms with Crippen LogP contribution in [0.2, 0.25) is 0 Å². The Hall–Kier alpha value is -1.95. The van der Waals surface area contributed by atoms with Crippen LogP contribution in [0.15, 0.2) is 41.1 Å². The van der Waals surface area contributed by atoms with Crippen LogP contribution in [-0.2, 0) is 4.79 Å². The van der Waals surface area contributed by atoms with E-state index in [0.717, 1.165) is 10.0 Å². The van der Waals surface area contributed by atoms with E-state index in [1.807, 2.05) is 31.2 Å². The predicted octanol–water partition coefficient (Wildman–Crippen LogP) is 2.46. The molecule has 0 aliphatic carbocycles. The van der Waals surface area contributed by atoms with E-state index >= 15 is 0 Å². The van der Waals surface area contributed by atoms with Crippen LogP contribution in [0.3, 0.4) is 0 Å². The highest BCUT2D eigenvalue weighted by Gasteiger charge is 2.09. The topological polar surface area (TPSA) is 70.7 Å². The van der Waals surface area contributed by atoms with Crippen LogP contribution < -0.4 is 5.32 Å². The molecule has 0 radical (unpaired) electrons. The quantitative estimate of drug-likeness (QED) is 0.850. The second-order valence-electron chi connectivity index (χ2n) is 3.99. The van der Waals surface area contributed by atoms with Crippen molar-refractivity contribution in [3.8, 4) is 0 Å². The van der Waals surface area contributed by atoms with Crippen molar-refractivity contribution in [3.63, 3.8) is 0 Å². The summed E-state index contributed by atoms with van der Waals surface area (Å²) in [4.78, 5) is 15.7. The average Bonchev–Trinajstić information content (AvgIpc) is 2.92. The molecule has 1 atom stereocenters. The molecule has 1 heterocycles. The highest BCUT2D eigenvalue weighted by atomic mass is 79.9. The summed E-state index contributed by atoms with van der Waals surface area (Å²) in [6.45, 7) is 1.84. The highest BCUT2D eigenvalue weighted by molar-refractivity contribution is 9.10. The molecule has 1 unspecified atom stereocenters. The Morgan fingerprint density at radius 2 is 2.16 bits per heavy atom. The van der Waals surface area contributed by atoms with E-state index in [1.165, 1.54) is 12.4 Å². The fraction of sp³-hybridized carbons (Fsp3) is 0.154. The van der Waals surface area contributed by atoms with Crippen molar-refractivity contribution in [2.45, 2.75) is 13.0 Å². The molecule has 1 aromatic heterocycles. The van der Waals surface area contributed by atoms with Crippen LogP contribution >= 0.6 is 15.9 Å². The number of carbonyl (C=O) groups is 1. The molecule has 6 heteroatoms. The van der Waals surface area contributed by atoms with E-state index in [2.05, 4.69) is 36.4 Å². The summed E-state index contributed by atoms with van der Waals surface area (Å²) >= 11 is 3.36. The van der Waals surface area contributed by atoms with Crippen molar-refractivity contribution in [1.82, 2.24) is 20.5 Å². The number of nitrogens with one attached hydrogen (secondary N) is 2. The number of hydrogen-bond donors (Lipinski definition) is 2. The highest BCUT2D eigenvalue weighted by Crippen LogP contribution is 2.11. The number of amides is 1. The molecule has 0 aliphatic rings. The Morgan fingerprint density at radius 1 is 1.42 bits per heavy atom.